The van der Waals surface area contributed by atoms with Gasteiger partial charge in [-0.15, -0.1) is 0 Å². The summed E-state index contributed by atoms with van der Waals surface area (Å²) >= 11 is 5.96. The Kier molecular flexibility index (Phi) is 2.67. The van der Waals surface area contributed by atoms with Crippen molar-refractivity contribution in [3.8, 4) is 0 Å². The van der Waals surface area contributed by atoms with E-state index in [2.05, 4.69) is 5.10 Å². The zero-order valence-electron chi connectivity index (χ0n) is 9.91. The van der Waals surface area contributed by atoms with Crippen molar-refractivity contribution in [1.29, 1.82) is 0 Å². The molecule has 1 heterocycles. The average molecular weight is 279 g/mol. The molecule has 0 spiro atoms. The van der Waals surface area contributed by atoms with Crippen LogP contribution in [0.5, 0.6) is 0 Å². The lowest BCUT2D eigenvalue weighted by Gasteiger charge is -2.13. The number of nitro groups is 1. The number of aryl methyl sites for hydroxylation is 1. The molecule has 1 aromatic carbocycles. The molecular formula is C12H11ClN4O2. The zero-order chi connectivity index (χ0) is 13.6. The van der Waals surface area contributed by atoms with Gasteiger partial charge in [-0.1, -0.05) is 17.7 Å². The van der Waals surface area contributed by atoms with Gasteiger partial charge in [-0.25, -0.2) is 4.68 Å². The highest BCUT2D eigenvalue weighted by molar-refractivity contribution is 6.30. The van der Waals surface area contributed by atoms with Crippen LogP contribution in [0.15, 0.2) is 24.4 Å². The van der Waals surface area contributed by atoms with Gasteiger partial charge in [0.25, 0.3) is 0 Å². The van der Waals surface area contributed by atoms with Crippen molar-refractivity contribution in [2.45, 2.75) is 18.9 Å². The third kappa shape index (κ3) is 1.84. The molecule has 98 valence electrons. The highest BCUT2D eigenvalue weighted by atomic mass is 35.5. The van der Waals surface area contributed by atoms with Gasteiger partial charge in [0.15, 0.2) is 0 Å². The third-order valence-electron chi connectivity index (χ3n) is 3.46. The topological polar surface area (TPSA) is 87.0 Å². The summed E-state index contributed by atoms with van der Waals surface area (Å²) in [7, 11) is 0. The van der Waals surface area contributed by atoms with Crippen LogP contribution in [-0.2, 0) is 6.42 Å². The Labute approximate surface area is 113 Å². The van der Waals surface area contributed by atoms with Gasteiger partial charge in [0, 0.05) is 5.02 Å². The first kappa shape index (κ1) is 12.0. The lowest BCUT2D eigenvalue weighted by molar-refractivity contribution is -0.384. The van der Waals surface area contributed by atoms with Crippen LogP contribution in [0.25, 0.3) is 0 Å². The number of aromatic nitrogens is 2. The quantitative estimate of drug-likeness (QED) is 0.675. The molecule has 0 fully saturated rings. The molecule has 0 aliphatic heterocycles. The van der Waals surface area contributed by atoms with Crippen molar-refractivity contribution in [3.05, 3.63) is 50.7 Å². The first-order chi connectivity index (χ1) is 9.08. The molecule has 2 N–H and O–H groups in total. The van der Waals surface area contributed by atoms with E-state index in [9.17, 15) is 10.1 Å². The highest BCUT2D eigenvalue weighted by Crippen LogP contribution is 2.38. The first-order valence-corrected chi connectivity index (χ1v) is 6.21. The van der Waals surface area contributed by atoms with Gasteiger partial charge in [-0.3, -0.25) is 10.1 Å². The van der Waals surface area contributed by atoms with E-state index in [1.807, 2.05) is 18.2 Å². The summed E-state index contributed by atoms with van der Waals surface area (Å²) in [6.45, 7) is 0. The number of nitrogen functional groups attached to an aromatic ring is 1. The van der Waals surface area contributed by atoms with E-state index >= 15 is 0 Å². The van der Waals surface area contributed by atoms with Gasteiger partial charge in [0.05, 0.1) is 11.0 Å². The van der Waals surface area contributed by atoms with E-state index in [1.54, 1.807) is 0 Å². The van der Waals surface area contributed by atoms with E-state index < -0.39 is 4.92 Å². The van der Waals surface area contributed by atoms with Crippen LogP contribution in [-0.4, -0.2) is 14.7 Å². The molecule has 0 radical (unpaired) electrons. The molecule has 7 heteroatoms. The largest absolute Gasteiger partial charge is 0.378 e. The summed E-state index contributed by atoms with van der Waals surface area (Å²) in [5, 5.41) is 15.5. The summed E-state index contributed by atoms with van der Waals surface area (Å²) in [5.41, 5.74) is 7.88. The normalized spacial score (nSPS) is 17.4. The number of benzene rings is 1. The fraction of sp³-hybridized carbons (Fsp3) is 0.250. The second-order valence-electron chi connectivity index (χ2n) is 4.51. The Balaban J connectivity index is 2.04. The lowest BCUT2D eigenvalue weighted by Crippen LogP contribution is -2.12. The van der Waals surface area contributed by atoms with E-state index in [0.29, 0.717) is 5.02 Å². The number of anilines is 1. The third-order valence-corrected chi connectivity index (χ3v) is 3.69. The second-order valence-corrected chi connectivity index (χ2v) is 4.95. The van der Waals surface area contributed by atoms with E-state index in [1.165, 1.54) is 10.9 Å². The van der Waals surface area contributed by atoms with Crippen LogP contribution in [0.3, 0.4) is 0 Å². The van der Waals surface area contributed by atoms with Crippen molar-refractivity contribution in [1.82, 2.24) is 9.78 Å². The molecule has 1 unspecified atom stereocenters. The van der Waals surface area contributed by atoms with Gasteiger partial charge in [0.2, 0.25) is 5.82 Å². The standard InChI is InChI=1S/C12H11ClN4O2/c13-8-2-3-9-7(5-8)1-4-10(9)16-12(14)11(6-15-16)17(18)19/h2-3,5-6,10H,1,4,14H2. The molecule has 0 amide bonds. The molecular weight excluding hydrogens is 268 g/mol. The monoisotopic (exact) mass is 278 g/mol. The highest BCUT2D eigenvalue weighted by Gasteiger charge is 2.29. The van der Waals surface area contributed by atoms with Gasteiger partial charge < -0.3 is 5.73 Å². The Morgan fingerprint density at radius 3 is 3.00 bits per heavy atom. The predicted octanol–water partition coefficient (Wildman–Crippen LogP) is 2.56. The lowest BCUT2D eigenvalue weighted by atomic mass is 10.1. The summed E-state index contributed by atoms with van der Waals surface area (Å²) < 4.78 is 1.53. The molecule has 1 aromatic heterocycles. The fourth-order valence-electron chi connectivity index (χ4n) is 2.57. The molecule has 0 bridgehead atoms. The van der Waals surface area contributed by atoms with E-state index in [0.717, 1.165) is 24.0 Å². The minimum Gasteiger partial charge on any atom is -0.378 e. The molecule has 0 saturated heterocycles. The van der Waals surface area contributed by atoms with E-state index in [-0.39, 0.29) is 17.5 Å². The minimum atomic E-state index is -0.517. The average Bonchev–Trinajstić information content (AvgIpc) is 2.91. The van der Waals surface area contributed by atoms with Crippen LogP contribution in [0.2, 0.25) is 5.02 Å². The van der Waals surface area contributed by atoms with Gasteiger partial charge in [-0.2, -0.15) is 5.10 Å². The van der Waals surface area contributed by atoms with Crippen molar-refractivity contribution in [2.75, 3.05) is 5.73 Å². The molecule has 0 saturated carbocycles. The Morgan fingerprint density at radius 1 is 1.53 bits per heavy atom. The Bertz CT molecular complexity index is 668. The predicted molar refractivity (Wildman–Crippen MR) is 71.2 cm³/mol. The number of hydrogen-bond acceptors (Lipinski definition) is 4. The molecule has 3 rings (SSSR count). The maximum absolute atomic E-state index is 10.8. The molecule has 1 aliphatic rings. The second kappa shape index (κ2) is 4.24. The molecule has 19 heavy (non-hydrogen) atoms. The van der Waals surface area contributed by atoms with Crippen LogP contribution < -0.4 is 5.73 Å². The van der Waals surface area contributed by atoms with Crippen LogP contribution in [0.4, 0.5) is 11.5 Å². The smallest absolute Gasteiger partial charge is 0.330 e. The minimum absolute atomic E-state index is 0.0547. The molecule has 1 atom stereocenters. The van der Waals surface area contributed by atoms with E-state index in [4.69, 9.17) is 17.3 Å². The number of nitrogens with zero attached hydrogens (tertiary/aromatic N) is 3. The van der Waals surface area contributed by atoms with Crippen molar-refractivity contribution >= 4 is 23.1 Å². The number of fused-ring (bicyclic) bond motifs is 1. The van der Waals surface area contributed by atoms with Crippen LogP contribution in [0, 0.1) is 10.1 Å². The number of rotatable bonds is 2. The SMILES string of the molecule is Nc1c([N+](=O)[O-])cnn1C1CCc2cc(Cl)ccc21. The van der Waals surface area contributed by atoms with Gasteiger partial charge in [-0.05, 0) is 36.1 Å². The maximum atomic E-state index is 10.8. The molecule has 2 aromatic rings. The fourth-order valence-corrected chi connectivity index (χ4v) is 2.76. The van der Waals surface area contributed by atoms with Crippen molar-refractivity contribution < 1.29 is 4.92 Å². The Hall–Kier alpha value is -2.08. The maximum Gasteiger partial charge on any atom is 0.330 e. The summed E-state index contributed by atoms with van der Waals surface area (Å²) in [6.07, 6.45) is 2.88. The van der Waals surface area contributed by atoms with Gasteiger partial charge >= 0.3 is 5.69 Å². The first-order valence-electron chi connectivity index (χ1n) is 5.83. The zero-order valence-corrected chi connectivity index (χ0v) is 10.7. The summed E-state index contributed by atoms with van der Waals surface area (Å²) in [4.78, 5) is 10.3. The van der Waals surface area contributed by atoms with Crippen molar-refractivity contribution in [2.24, 2.45) is 0 Å². The Morgan fingerprint density at radius 2 is 2.32 bits per heavy atom. The summed E-state index contributed by atoms with van der Waals surface area (Å²) in [6, 6.07) is 5.61. The molecule has 6 nitrogen and oxygen atoms in total. The number of nitrogens with two attached hydrogens (primary N) is 1. The summed E-state index contributed by atoms with van der Waals surface area (Å²) in [5.74, 6) is 0.0952. The number of hydrogen-bond donors (Lipinski definition) is 1. The van der Waals surface area contributed by atoms with Crippen LogP contribution in [0.1, 0.15) is 23.6 Å². The van der Waals surface area contributed by atoms with Crippen molar-refractivity contribution in [3.63, 3.8) is 0 Å². The molecule has 1 aliphatic carbocycles. The van der Waals surface area contributed by atoms with Gasteiger partial charge in [0.1, 0.15) is 6.20 Å². The van der Waals surface area contributed by atoms with Crippen LogP contribution >= 0.6 is 11.6 Å². The number of halogens is 1.